The Bertz CT molecular complexity index is 556. The number of ether oxygens (including phenoxy) is 1. The molecule has 0 bridgehead atoms. The van der Waals surface area contributed by atoms with Gasteiger partial charge in [0.2, 0.25) is 0 Å². The molecule has 0 aromatic heterocycles. The fourth-order valence-corrected chi connectivity index (χ4v) is 2.32. The number of anilines is 1. The molecule has 1 heterocycles. The highest BCUT2D eigenvalue weighted by Gasteiger charge is 2.40. The Morgan fingerprint density at radius 3 is 2.80 bits per heavy atom. The van der Waals surface area contributed by atoms with Gasteiger partial charge in [-0.05, 0) is 38.5 Å². The van der Waals surface area contributed by atoms with Crippen molar-refractivity contribution >= 4 is 29.2 Å². The molecular weight excluding hydrogens is 282 g/mol. The molecule has 5 nitrogen and oxygen atoms in total. The third kappa shape index (κ3) is 2.88. The quantitative estimate of drug-likeness (QED) is 0.928. The lowest BCUT2D eigenvalue weighted by molar-refractivity contribution is -0.137. The first kappa shape index (κ1) is 14.7. The number of fused-ring (bicyclic) bond motifs is 1. The van der Waals surface area contributed by atoms with Crippen LogP contribution in [-0.2, 0) is 9.59 Å². The van der Waals surface area contributed by atoms with E-state index in [0.717, 1.165) is 0 Å². The summed E-state index contributed by atoms with van der Waals surface area (Å²) < 4.78 is 5.68. The molecule has 1 aromatic rings. The summed E-state index contributed by atoms with van der Waals surface area (Å²) in [6, 6.07) is 5.07. The van der Waals surface area contributed by atoms with Crippen LogP contribution < -0.4 is 9.64 Å². The van der Waals surface area contributed by atoms with Crippen LogP contribution in [0.3, 0.4) is 0 Å². The lowest BCUT2D eigenvalue weighted by Crippen LogP contribution is -2.52. The number of halogens is 1. The van der Waals surface area contributed by atoms with E-state index in [0.29, 0.717) is 29.4 Å². The molecule has 1 aliphatic rings. The number of carbonyl (C=O) groups excluding carboxylic acids is 1. The highest BCUT2D eigenvalue weighted by atomic mass is 35.5. The molecule has 0 atom stereocenters. The first-order valence-corrected chi connectivity index (χ1v) is 6.71. The minimum atomic E-state index is -0.968. The second-order valence-electron chi connectivity index (χ2n) is 5.18. The SMILES string of the molecule is CC1(C)Oc2ccc(Cl)cc2N(CCCC(=O)O)C1=O. The smallest absolute Gasteiger partial charge is 0.303 e. The van der Waals surface area contributed by atoms with E-state index in [2.05, 4.69) is 0 Å². The van der Waals surface area contributed by atoms with Crippen LogP contribution in [0.4, 0.5) is 5.69 Å². The predicted molar refractivity (Wildman–Crippen MR) is 75.4 cm³/mol. The second-order valence-corrected chi connectivity index (χ2v) is 5.61. The summed E-state index contributed by atoms with van der Waals surface area (Å²) >= 11 is 5.96. The zero-order chi connectivity index (χ0) is 14.9. The number of benzene rings is 1. The number of carbonyl (C=O) groups is 2. The summed E-state index contributed by atoms with van der Waals surface area (Å²) in [6.07, 6.45) is 0.393. The number of amides is 1. The van der Waals surface area contributed by atoms with E-state index in [1.807, 2.05) is 0 Å². The minimum absolute atomic E-state index is 0.0148. The topological polar surface area (TPSA) is 66.8 Å². The molecule has 1 aromatic carbocycles. The molecule has 0 saturated heterocycles. The molecule has 0 fully saturated rings. The summed E-state index contributed by atoms with van der Waals surface area (Å²) in [4.78, 5) is 24.6. The van der Waals surface area contributed by atoms with Crippen LogP contribution in [0.2, 0.25) is 5.02 Å². The molecule has 20 heavy (non-hydrogen) atoms. The Balaban J connectivity index is 2.30. The van der Waals surface area contributed by atoms with Crippen LogP contribution in [-0.4, -0.2) is 29.1 Å². The number of nitrogens with zero attached hydrogens (tertiary/aromatic N) is 1. The summed E-state index contributed by atoms with van der Waals surface area (Å²) in [5.74, 6) is -0.497. The molecule has 1 amide bonds. The number of rotatable bonds is 4. The van der Waals surface area contributed by atoms with Crippen LogP contribution in [0.15, 0.2) is 18.2 Å². The summed E-state index contributed by atoms with van der Waals surface area (Å²) in [6.45, 7) is 3.71. The monoisotopic (exact) mass is 297 g/mol. The lowest BCUT2D eigenvalue weighted by Gasteiger charge is -2.38. The predicted octanol–water partition coefficient (Wildman–Crippen LogP) is 2.71. The third-order valence-electron chi connectivity index (χ3n) is 3.11. The third-order valence-corrected chi connectivity index (χ3v) is 3.34. The van der Waals surface area contributed by atoms with Gasteiger partial charge >= 0.3 is 5.97 Å². The highest BCUT2D eigenvalue weighted by molar-refractivity contribution is 6.31. The van der Waals surface area contributed by atoms with Gasteiger partial charge in [-0.3, -0.25) is 9.59 Å². The number of carboxylic acid groups (broad SMARTS) is 1. The van der Waals surface area contributed by atoms with Crippen molar-refractivity contribution in [1.82, 2.24) is 0 Å². The zero-order valence-electron chi connectivity index (χ0n) is 11.4. The molecule has 0 saturated carbocycles. The number of aliphatic carboxylic acids is 1. The molecule has 6 heteroatoms. The van der Waals surface area contributed by atoms with Gasteiger partial charge in [0.25, 0.3) is 5.91 Å². The number of carboxylic acids is 1. The Morgan fingerprint density at radius 2 is 2.15 bits per heavy atom. The lowest BCUT2D eigenvalue weighted by atomic mass is 10.0. The fourth-order valence-electron chi connectivity index (χ4n) is 2.15. The minimum Gasteiger partial charge on any atom is -0.481 e. The van der Waals surface area contributed by atoms with Gasteiger partial charge in [0, 0.05) is 18.0 Å². The molecule has 0 radical (unpaired) electrons. The summed E-state index contributed by atoms with van der Waals surface area (Å²) in [5.41, 5.74) is -0.378. The van der Waals surface area contributed by atoms with Gasteiger partial charge in [0.15, 0.2) is 5.60 Å². The van der Waals surface area contributed by atoms with Crippen LogP contribution in [0.1, 0.15) is 26.7 Å². The van der Waals surface area contributed by atoms with Crippen LogP contribution in [0.25, 0.3) is 0 Å². The Kier molecular flexibility index (Phi) is 3.90. The van der Waals surface area contributed by atoms with Gasteiger partial charge in [-0.15, -0.1) is 0 Å². The van der Waals surface area contributed by atoms with Gasteiger partial charge in [-0.2, -0.15) is 0 Å². The number of hydrogen-bond donors (Lipinski definition) is 1. The number of hydrogen-bond acceptors (Lipinski definition) is 3. The maximum Gasteiger partial charge on any atom is 0.303 e. The van der Waals surface area contributed by atoms with Crippen molar-refractivity contribution in [3.05, 3.63) is 23.2 Å². The van der Waals surface area contributed by atoms with Crippen molar-refractivity contribution in [2.24, 2.45) is 0 Å². The van der Waals surface area contributed by atoms with Gasteiger partial charge in [-0.25, -0.2) is 0 Å². The maximum atomic E-state index is 12.4. The first-order valence-electron chi connectivity index (χ1n) is 6.33. The molecule has 2 rings (SSSR count). The Labute approximate surface area is 122 Å². The van der Waals surface area contributed by atoms with Gasteiger partial charge in [0.05, 0.1) is 5.69 Å². The maximum absolute atomic E-state index is 12.4. The zero-order valence-corrected chi connectivity index (χ0v) is 12.1. The standard InChI is InChI=1S/C14H16ClNO4/c1-14(2)13(19)16(7-3-4-12(17)18)10-8-9(15)5-6-11(10)20-14/h5-6,8H,3-4,7H2,1-2H3,(H,17,18). The van der Waals surface area contributed by atoms with Crippen molar-refractivity contribution in [3.63, 3.8) is 0 Å². The summed E-state index contributed by atoms with van der Waals surface area (Å²) in [7, 11) is 0. The molecule has 0 unspecified atom stereocenters. The van der Waals surface area contributed by atoms with Crippen LogP contribution in [0.5, 0.6) is 5.75 Å². The molecular formula is C14H16ClNO4. The molecule has 1 N–H and O–H groups in total. The Morgan fingerprint density at radius 1 is 1.45 bits per heavy atom. The van der Waals surface area contributed by atoms with E-state index >= 15 is 0 Å². The first-order chi connectivity index (χ1) is 9.31. The van der Waals surface area contributed by atoms with Crippen molar-refractivity contribution in [2.45, 2.75) is 32.3 Å². The van der Waals surface area contributed by atoms with Crippen molar-refractivity contribution in [2.75, 3.05) is 11.4 Å². The fraction of sp³-hybridized carbons (Fsp3) is 0.429. The van der Waals surface area contributed by atoms with E-state index in [-0.39, 0.29) is 12.3 Å². The largest absolute Gasteiger partial charge is 0.481 e. The van der Waals surface area contributed by atoms with E-state index in [4.69, 9.17) is 21.4 Å². The normalized spacial score (nSPS) is 16.6. The molecule has 0 aliphatic carbocycles. The average Bonchev–Trinajstić information content (AvgIpc) is 2.34. The van der Waals surface area contributed by atoms with E-state index in [9.17, 15) is 9.59 Å². The highest BCUT2D eigenvalue weighted by Crippen LogP contribution is 2.39. The molecule has 1 aliphatic heterocycles. The van der Waals surface area contributed by atoms with E-state index < -0.39 is 11.6 Å². The molecule has 0 spiro atoms. The van der Waals surface area contributed by atoms with Gasteiger partial charge in [0.1, 0.15) is 5.75 Å². The van der Waals surface area contributed by atoms with Crippen molar-refractivity contribution < 1.29 is 19.4 Å². The van der Waals surface area contributed by atoms with Crippen LogP contribution >= 0.6 is 11.6 Å². The van der Waals surface area contributed by atoms with Crippen LogP contribution in [0, 0.1) is 0 Å². The van der Waals surface area contributed by atoms with Gasteiger partial charge in [-0.1, -0.05) is 11.6 Å². The average molecular weight is 298 g/mol. The van der Waals surface area contributed by atoms with Crippen molar-refractivity contribution in [1.29, 1.82) is 0 Å². The molecule has 108 valence electrons. The Hall–Kier alpha value is -1.75. The second kappa shape index (κ2) is 5.32. The van der Waals surface area contributed by atoms with E-state index in [1.54, 1.807) is 36.9 Å². The van der Waals surface area contributed by atoms with E-state index in [1.165, 1.54) is 0 Å². The van der Waals surface area contributed by atoms with Gasteiger partial charge < -0.3 is 14.7 Å². The summed E-state index contributed by atoms with van der Waals surface area (Å²) in [5, 5.41) is 9.20. The van der Waals surface area contributed by atoms with Crippen molar-refractivity contribution in [3.8, 4) is 5.75 Å².